The van der Waals surface area contributed by atoms with Crippen molar-refractivity contribution in [2.75, 3.05) is 6.54 Å². The molecule has 0 amide bonds. The molecule has 104 valence electrons. The Kier molecular flexibility index (Phi) is 5.46. The van der Waals surface area contributed by atoms with Crippen LogP contribution in [0.4, 0.5) is 0 Å². The Labute approximate surface area is 116 Å². The van der Waals surface area contributed by atoms with Gasteiger partial charge in [-0.3, -0.25) is 0 Å². The van der Waals surface area contributed by atoms with E-state index in [1.807, 2.05) is 0 Å². The predicted octanol–water partition coefficient (Wildman–Crippen LogP) is 4.33. The summed E-state index contributed by atoms with van der Waals surface area (Å²) in [6, 6.07) is 9.03. The second-order valence-corrected chi connectivity index (χ2v) is 5.24. The number of nitrogens with zero attached hydrogens (tertiary/aromatic N) is 1. The summed E-state index contributed by atoms with van der Waals surface area (Å²) in [5, 5.41) is 4.75. The van der Waals surface area contributed by atoms with Crippen molar-refractivity contribution < 1.29 is 0 Å². The average Bonchev–Trinajstić information content (AvgIpc) is 2.84. The van der Waals surface area contributed by atoms with E-state index < -0.39 is 0 Å². The summed E-state index contributed by atoms with van der Waals surface area (Å²) in [4.78, 5) is 0. The summed E-state index contributed by atoms with van der Waals surface area (Å²) in [6.07, 6.45) is 7.51. The highest BCUT2D eigenvalue weighted by Crippen LogP contribution is 2.18. The first kappa shape index (κ1) is 14.1. The maximum Gasteiger partial charge on any atom is 0.0483 e. The van der Waals surface area contributed by atoms with Gasteiger partial charge in [-0.15, -0.1) is 0 Å². The molecule has 2 aromatic rings. The smallest absolute Gasteiger partial charge is 0.0483 e. The van der Waals surface area contributed by atoms with E-state index in [0.717, 1.165) is 19.6 Å². The summed E-state index contributed by atoms with van der Waals surface area (Å²) in [5.41, 5.74) is 2.76. The lowest BCUT2D eigenvalue weighted by molar-refractivity contribution is 0.593. The van der Waals surface area contributed by atoms with Crippen molar-refractivity contribution in [2.45, 2.75) is 52.6 Å². The van der Waals surface area contributed by atoms with Gasteiger partial charge in [0.05, 0.1) is 0 Å². The molecule has 0 fully saturated rings. The number of aromatic nitrogens is 1. The highest BCUT2D eigenvalue weighted by Gasteiger charge is 2.02. The molecule has 0 aliphatic carbocycles. The third-order valence-electron chi connectivity index (χ3n) is 3.67. The van der Waals surface area contributed by atoms with Crippen LogP contribution in [-0.4, -0.2) is 11.1 Å². The van der Waals surface area contributed by atoms with Crippen LogP contribution in [0.25, 0.3) is 10.9 Å². The van der Waals surface area contributed by atoms with E-state index in [0.29, 0.717) is 0 Å². The third kappa shape index (κ3) is 3.84. The van der Waals surface area contributed by atoms with Crippen LogP contribution in [-0.2, 0) is 13.1 Å². The minimum atomic E-state index is 0.966. The molecule has 1 aromatic heterocycles. The van der Waals surface area contributed by atoms with Gasteiger partial charge < -0.3 is 9.88 Å². The molecule has 1 heterocycles. The van der Waals surface area contributed by atoms with Gasteiger partial charge in [0.1, 0.15) is 0 Å². The van der Waals surface area contributed by atoms with E-state index in [1.165, 1.54) is 42.1 Å². The Morgan fingerprint density at radius 1 is 1.05 bits per heavy atom. The maximum absolute atomic E-state index is 3.39. The van der Waals surface area contributed by atoms with Crippen LogP contribution in [0.15, 0.2) is 30.5 Å². The molecule has 0 bridgehead atoms. The normalized spacial score (nSPS) is 11.3. The zero-order chi connectivity index (χ0) is 13.5. The molecule has 0 radical (unpaired) electrons. The first-order valence-electron chi connectivity index (χ1n) is 7.63. The Morgan fingerprint density at radius 3 is 2.74 bits per heavy atom. The molecule has 1 aromatic carbocycles. The molecular weight excluding hydrogens is 232 g/mol. The lowest BCUT2D eigenvalue weighted by atomic mass is 10.1. The van der Waals surface area contributed by atoms with Crippen molar-refractivity contribution >= 4 is 10.9 Å². The van der Waals surface area contributed by atoms with Gasteiger partial charge in [0, 0.05) is 24.8 Å². The minimum Gasteiger partial charge on any atom is -0.347 e. The number of nitrogens with one attached hydrogen (secondary N) is 1. The van der Waals surface area contributed by atoms with Crippen molar-refractivity contribution in [3.05, 3.63) is 36.0 Å². The van der Waals surface area contributed by atoms with E-state index in [-0.39, 0.29) is 0 Å². The largest absolute Gasteiger partial charge is 0.347 e. The number of fused-ring (bicyclic) bond motifs is 1. The molecule has 2 nitrogen and oxygen atoms in total. The topological polar surface area (TPSA) is 17.0 Å². The van der Waals surface area contributed by atoms with Gasteiger partial charge >= 0.3 is 0 Å². The molecule has 2 heteroatoms. The number of unbranched alkanes of at least 4 members (excludes halogenated alkanes) is 3. The zero-order valence-corrected chi connectivity index (χ0v) is 12.3. The van der Waals surface area contributed by atoms with Crippen molar-refractivity contribution in [1.82, 2.24) is 9.88 Å². The molecule has 2 rings (SSSR count). The Bertz CT molecular complexity index is 499. The highest BCUT2D eigenvalue weighted by molar-refractivity contribution is 5.80. The van der Waals surface area contributed by atoms with Crippen LogP contribution in [0, 0.1) is 0 Å². The van der Waals surface area contributed by atoms with Gasteiger partial charge in [-0.05, 0) is 36.0 Å². The molecular formula is C17H26N2. The van der Waals surface area contributed by atoms with E-state index in [1.54, 1.807) is 0 Å². The summed E-state index contributed by atoms with van der Waals surface area (Å²) >= 11 is 0. The fourth-order valence-electron chi connectivity index (χ4n) is 2.51. The predicted molar refractivity (Wildman–Crippen MR) is 83.5 cm³/mol. The van der Waals surface area contributed by atoms with Crippen LogP contribution in [0.1, 0.15) is 45.1 Å². The van der Waals surface area contributed by atoms with Crippen LogP contribution < -0.4 is 5.32 Å². The Balaban J connectivity index is 2.06. The van der Waals surface area contributed by atoms with E-state index >= 15 is 0 Å². The van der Waals surface area contributed by atoms with Crippen molar-refractivity contribution in [1.29, 1.82) is 0 Å². The second-order valence-electron chi connectivity index (χ2n) is 5.24. The molecule has 0 unspecified atom stereocenters. The summed E-state index contributed by atoms with van der Waals surface area (Å²) < 4.78 is 2.40. The number of rotatable bonds is 8. The molecule has 0 saturated carbocycles. The van der Waals surface area contributed by atoms with E-state index in [9.17, 15) is 0 Å². The van der Waals surface area contributed by atoms with Crippen molar-refractivity contribution in [3.63, 3.8) is 0 Å². The lowest BCUT2D eigenvalue weighted by Crippen LogP contribution is -2.11. The van der Waals surface area contributed by atoms with Crippen LogP contribution in [0.3, 0.4) is 0 Å². The second kappa shape index (κ2) is 7.34. The number of aryl methyl sites for hydroxylation is 1. The van der Waals surface area contributed by atoms with Gasteiger partial charge in [-0.1, -0.05) is 45.2 Å². The zero-order valence-electron chi connectivity index (χ0n) is 12.3. The third-order valence-corrected chi connectivity index (χ3v) is 3.67. The lowest BCUT2D eigenvalue weighted by Gasteiger charge is -2.07. The molecule has 0 saturated heterocycles. The number of hydrogen-bond acceptors (Lipinski definition) is 1. The van der Waals surface area contributed by atoms with E-state index in [2.05, 4.69) is 54.2 Å². The molecule has 19 heavy (non-hydrogen) atoms. The fourth-order valence-corrected chi connectivity index (χ4v) is 2.51. The highest BCUT2D eigenvalue weighted by atomic mass is 14.9. The van der Waals surface area contributed by atoms with Crippen LogP contribution in [0.2, 0.25) is 0 Å². The maximum atomic E-state index is 3.39. The molecule has 0 spiro atoms. The number of hydrogen-bond donors (Lipinski definition) is 1. The van der Waals surface area contributed by atoms with Crippen molar-refractivity contribution in [2.24, 2.45) is 0 Å². The first-order chi connectivity index (χ1) is 9.35. The molecule has 1 N–H and O–H groups in total. The summed E-state index contributed by atoms with van der Waals surface area (Å²) in [7, 11) is 0. The van der Waals surface area contributed by atoms with Gasteiger partial charge in [0.25, 0.3) is 0 Å². The summed E-state index contributed by atoms with van der Waals surface area (Å²) in [5.74, 6) is 0. The molecule has 0 aliphatic rings. The molecule has 0 atom stereocenters. The molecule has 0 aliphatic heterocycles. The average molecular weight is 258 g/mol. The minimum absolute atomic E-state index is 0.966. The quantitative estimate of drug-likeness (QED) is 0.697. The monoisotopic (exact) mass is 258 g/mol. The van der Waals surface area contributed by atoms with Gasteiger partial charge in [0.2, 0.25) is 0 Å². The summed E-state index contributed by atoms with van der Waals surface area (Å²) in [6.45, 7) is 7.55. The van der Waals surface area contributed by atoms with Crippen LogP contribution in [0.5, 0.6) is 0 Å². The van der Waals surface area contributed by atoms with E-state index in [4.69, 9.17) is 0 Å². The standard InChI is InChI=1S/C17H26N2/c1-3-5-6-7-11-19-12-10-16-9-8-15(13-17(16)19)14-18-4-2/h8-10,12-13,18H,3-7,11,14H2,1-2H3. The van der Waals surface area contributed by atoms with Gasteiger partial charge in [-0.25, -0.2) is 0 Å². The number of benzene rings is 1. The Morgan fingerprint density at radius 2 is 1.95 bits per heavy atom. The SMILES string of the molecule is CCCCCCn1ccc2ccc(CNCC)cc21. The van der Waals surface area contributed by atoms with Crippen LogP contribution >= 0.6 is 0 Å². The van der Waals surface area contributed by atoms with Gasteiger partial charge in [-0.2, -0.15) is 0 Å². The fraction of sp³-hybridized carbons (Fsp3) is 0.529. The Hall–Kier alpha value is -1.28. The first-order valence-corrected chi connectivity index (χ1v) is 7.63. The van der Waals surface area contributed by atoms with Crippen molar-refractivity contribution in [3.8, 4) is 0 Å². The van der Waals surface area contributed by atoms with Gasteiger partial charge in [0.15, 0.2) is 0 Å².